The molecule has 0 N–H and O–H groups in total. The van der Waals surface area contributed by atoms with Crippen LogP contribution < -0.4 is 14.5 Å². The number of para-hydroxylation sites is 5. The third-order valence-electron chi connectivity index (χ3n) is 19.7. The average molecular weight is 1200 g/mol. The second-order valence-electron chi connectivity index (χ2n) is 27.1. The summed E-state index contributed by atoms with van der Waals surface area (Å²) in [6.07, 6.45) is 1.94. The van der Waals surface area contributed by atoms with Gasteiger partial charge in [-0.3, -0.25) is 4.57 Å². The molecule has 6 heteroatoms. The zero-order valence-electron chi connectivity index (χ0n) is 53.1. The van der Waals surface area contributed by atoms with Crippen molar-refractivity contribution in [1.29, 1.82) is 0 Å². The van der Waals surface area contributed by atoms with Crippen molar-refractivity contribution in [2.24, 2.45) is 0 Å². The number of pyridine rings is 1. The number of hydrogen-bond acceptors (Lipinski definition) is 4. The number of hydrogen-bond donors (Lipinski definition) is 0. The molecule has 0 atom stereocenters. The van der Waals surface area contributed by atoms with Crippen molar-refractivity contribution in [2.45, 2.75) is 57.8 Å². The van der Waals surface area contributed by atoms with Crippen LogP contribution in [0.25, 0.3) is 88.5 Å². The highest BCUT2D eigenvalue weighted by Crippen LogP contribution is 2.59. The number of benzene rings is 12. The van der Waals surface area contributed by atoms with E-state index in [9.17, 15) is 0 Å². The molecular formula is C87H69N5O. The molecular weight excluding hydrogens is 1130 g/mol. The van der Waals surface area contributed by atoms with Crippen LogP contribution in [-0.4, -0.2) is 20.8 Å². The summed E-state index contributed by atoms with van der Waals surface area (Å²) in [7, 11) is 0. The van der Waals surface area contributed by atoms with Gasteiger partial charge in [-0.15, -0.1) is 0 Å². The summed E-state index contributed by atoms with van der Waals surface area (Å²) >= 11 is 0. The predicted octanol–water partition coefficient (Wildman–Crippen LogP) is 22.6. The van der Waals surface area contributed by atoms with E-state index in [0.29, 0.717) is 6.67 Å². The van der Waals surface area contributed by atoms with Gasteiger partial charge in [0, 0.05) is 56.7 Å². The van der Waals surface area contributed by atoms with E-state index in [1.807, 2.05) is 6.20 Å². The molecule has 6 nitrogen and oxygen atoms in total. The summed E-state index contributed by atoms with van der Waals surface area (Å²) in [6.45, 7) is 14.2. The van der Waals surface area contributed by atoms with Gasteiger partial charge in [-0.2, -0.15) is 0 Å². The van der Waals surface area contributed by atoms with E-state index in [-0.39, 0.29) is 10.8 Å². The lowest BCUT2D eigenvalue weighted by molar-refractivity contribution is 0.481. The van der Waals surface area contributed by atoms with Gasteiger partial charge in [0.15, 0.2) is 5.75 Å². The Labute approximate surface area is 543 Å². The minimum Gasteiger partial charge on any atom is -0.455 e. The minimum absolute atomic E-state index is 0.0149. The first-order valence-electron chi connectivity index (χ1n) is 32.4. The van der Waals surface area contributed by atoms with Gasteiger partial charge in [-0.1, -0.05) is 242 Å². The van der Waals surface area contributed by atoms with Crippen LogP contribution in [0.15, 0.2) is 297 Å². The number of ether oxygens (including phenoxy) is 1. The molecule has 0 saturated carbocycles. The van der Waals surface area contributed by atoms with E-state index in [0.717, 1.165) is 101 Å². The Morgan fingerprint density at radius 2 is 0.871 bits per heavy atom. The molecule has 0 fully saturated rings. The Bertz CT molecular complexity index is 5270. The third kappa shape index (κ3) is 8.94. The largest absolute Gasteiger partial charge is 0.455 e. The van der Waals surface area contributed by atoms with Gasteiger partial charge in [0.25, 0.3) is 0 Å². The molecule has 1 aliphatic carbocycles. The van der Waals surface area contributed by atoms with Crippen LogP contribution in [0.4, 0.5) is 22.7 Å². The fourth-order valence-electron chi connectivity index (χ4n) is 15.2. The standard InChI is InChI=1S/C87H69N5O/c1-85(2,3)59-41-43-60(44-42-59)87(73-34-18-13-29-65(73)66-30-14-19-35-74(66)87)62-51-71(57-25-9-7-10-26-57)84(72(52-62)58-27-11-8-12-28-58)90-56-89(78-39-23-24-40-79(78)90)63-45-48-80(91-75-36-20-15-31-67(75)68-32-16-21-37-76(68)91)82(54-63)93-64-46-47-70-69-33-17-22-38-77(69)92(81(70)55-64)83-53-61(49-50-88-83)86(4,5)6/h7-55H,56H2,1-6H3. The van der Waals surface area contributed by atoms with Gasteiger partial charge in [0.1, 0.15) is 18.2 Å². The highest BCUT2D eigenvalue weighted by atomic mass is 16.5. The molecule has 0 radical (unpaired) electrons. The molecule has 448 valence electrons. The Balaban J connectivity index is 0.869. The number of aromatic nitrogens is 3. The predicted molar refractivity (Wildman–Crippen MR) is 387 cm³/mol. The summed E-state index contributed by atoms with van der Waals surface area (Å²) in [6, 6.07) is 108. The smallest absolute Gasteiger partial charge is 0.153 e. The van der Waals surface area contributed by atoms with Gasteiger partial charge in [0.05, 0.1) is 50.2 Å². The SMILES string of the molecule is CC(C)(C)c1ccc(C2(c3cc(-c4ccccc4)c(N4CN(c5ccc(-n6c7ccccc7c7ccccc76)c(Oc6ccc7c8ccccc8n(-c8cc(C(C)(C)C)ccn8)c7c6)c5)c5ccccc54)c(-c4ccccc4)c3)c3ccccc3-c3ccccc32)cc1. The molecule has 17 rings (SSSR count). The van der Waals surface area contributed by atoms with Crippen LogP contribution >= 0.6 is 0 Å². The monoisotopic (exact) mass is 1200 g/mol. The van der Waals surface area contributed by atoms with Crippen molar-refractivity contribution in [3.05, 3.63) is 331 Å². The molecule has 0 saturated heterocycles. The fraction of sp³-hybridized carbons (Fsp3) is 0.115. The highest BCUT2D eigenvalue weighted by Gasteiger charge is 2.47. The van der Waals surface area contributed by atoms with E-state index < -0.39 is 5.41 Å². The second kappa shape index (κ2) is 21.5. The van der Waals surface area contributed by atoms with Gasteiger partial charge < -0.3 is 19.1 Å². The summed E-state index contributed by atoms with van der Waals surface area (Å²) < 4.78 is 12.2. The van der Waals surface area contributed by atoms with Crippen LogP contribution in [0.1, 0.15) is 74.9 Å². The zero-order chi connectivity index (χ0) is 62.7. The van der Waals surface area contributed by atoms with Crippen molar-refractivity contribution < 1.29 is 4.74 Å². The number of fused-ring (bicyclic) bond motifs is 10. The van der Waals surface area contributed by atoms with E-state index in [1.54, 1.807) is 0 Å². The summed E-state index contributed by atoms with van der Waals surface area (Å²) in [4.78, 5) is 10.1. The van der Waals surface area contributed by atoms with Crippen LogP contribution in [-0.2, 0) is 16.2 Å². The van der Waals surface area contributed by atoms with E-state index >= 15 is 0 Å². The molecule has 4 heterocycles. The second-order valence-corrected chi connectivity index (χ2v) is 27.1. The fourth-order valence-corrected chi connectivity index (χ4v) is 15.2. The first-order valence-corrected chi connectivity index (χ1v) is 32.4. The first kappa shape index (κ1) is 55.8. The summed E-state index contributed by atoms with van der Waals surface area (Å²) in [5.41, 5.74) is 23.5. The lowest BCUT2D eigenvalue weighted by Crippen LogP contribution is -2.30. The maximum absolute atomic E-state index is 7.54. The van der Waals surface area contributed by atoms with Crippen molar-refractivity contribution >= 4 is 66.4 Å². The molecule has 2 aliphatic rings. The summed E-state index contributed by atoms with van der Waals surface area (Å²) in [5.74, 6) is 2.31. The molecule has 0 bridgehead atoms. The topological polar surface area (TPSA) is 38.5 Å². The quantitative estimate of drug-likeness (QED) is 0.137. The molecule has 3 aromatic heterocycles. The first-order chi connectivity index (χ1) is 45.4. The minimum atomic E-state index is -0.659. The number of anilines is 4. The highest BCUT2D eigenvalue weighted by molar-refractivity contribution is 6.11. The van der Waals surface area contributed by atoms with Crippen LogP contribution in [0.3, 0.4) is 0 Å². The van der Waals surface area contributed by atoms with Crippen molar-refractivity contribution in [3.8, 4) is 56.4 Å². The molecule has 15 aromatic rings. The van der Waals surface area contributed by atoms with E-state index in [4.69, 9.17) is 9.72 Å². The zero-order valence-corrected chi connectivity index (χ0v) is 53.1. The van der Waals surface area contributed by atoms with Crippen molar-refractivity contribution in [1.82, 2.24) is 14.1 Å². The maximum Gasteiger partial charge on any atom is 0.153 e. The maximum atomic E-state index is 7.54. The van der Waals surface area contributed by atoms with Crippen LogP contribution in [0.2, 0.25) is 0 Å². The third-order valence-corrected chi connectivity index (χ3v) is 19.7. The lowest BCUT2D eigenvalue weighted by Gasteiger charge is -2.36. The van der Waals surface area contributed by atoms with Crippen molar-refractivity contribution in [2.75, 3.05) is 16.5 Å². The Hall–Kier alpha value is -11.2. The lowest BCUT2D eigenvalue weighted by atomic mass is 9.66. The van der Waals surface area contributed by atoms with E-state index in [1.165, 1.54) is 55.3 Å². The molecule has 0 amide bonds. The molecule has 12 aromatic carbocycles. The molecule has 0 unspecified atom stereocenters. The van der Waals surface area contributed by atoms with E-state index in [2.05, 4.69) is 352 Å². The van der Waals surface area contributed by atoms with Crippen LogP contribution in [0.5, 0.6) is 11.5 Å². The number of rotatable bonds is 10. The average Bonchev–Trinajstić information content (AvgIpc) is 1.58. The van der Waals surface area contributed by atoms with Gasteiger partial charge in [0.2, 0.25) is 0 Å². The molecule has 93 heavy (non-hydrogen) atoms. The Kier molecular flexibility index (Phi) is 12.9. The molecule has 1 aliphatic heterocycles. The van der Waals surface area contributed by atoms with Crippen LogP contribution in [0, 0.1) is 0 Å². The Morgan fingerprint density at radius 1 is 0.366 bits per heavy atom. The molecule has 0 spiro atoms. The Morgan fingerprint density at radius 3 is 1.45 bits per heavy atom. The van der Waals surface area contributed by atoms with Gasteiger partial charge in [-0.05, 0) is 145 Å². The van der Waals surface area contributed by atoms with Gasteiger partial charge >= 0.3 is 0 Å². The van der Waals surface area contributed by atoms with Crippen molar-refractivity contribution in [3.63, 3.8) is 0 Å². The summed E-state index contributed by atoms with van der Waals surface area (Å²) in [5, 5.41) is 4.66. The normalized spacial score (nSPS) is 13.5. The van der Waals surface area contributed by atoms with Gasteiger partial charge in [-0.25, -0.2) is 4.98 Å². The number of nitrogens with zero attached hydrogens (tertiary/aromatic N) is 5.